The monoisotopic (exact) mass is 952 g/mol. The van der Waals surface area contributed by atoms with Gasteiger partial charge < -0.3 is 74.6 Å². The second-order valence-corrected chi connectivity index (χ2v) is 12.2. The Labute approximate surface area is 410 Å². The van der Waals surface area contributed by atoms with Gasteiger partial charge in [-0.1, -0.05) is 40.5 Å². The van der Waals surface area contributed by atoms with Crippen LogP contribution >= 0.6 is 0 Å². The smallest absolute Gasteiger partial charge is 0.671 e. The number of nitrogens with one attached hydrogen (secondary N) is 8. The molecule has 1 heterocycles. The minimum Gasteiger partial charge on any atom is -0.671 e. The molecular weight excluding hydrogens is 869 g/mol. The van der Waals surface area contributed by atoms with Gasteiger partial charge in [0, 0.05) is 52.0 Å². The van der Waals surface area contributed by atoms with E-state index in [0.717, 1.165) is 71.1 Å². The maximum Gasteiger partial charge on any atom is 1.00 e. The summed E-state index contributed by atoms with van der Waals surface area (Å²) < 4.78 is 0. The number of aldehydes is 2. The molecule has 8 N–H and O–H groups in total. The molecule has 0 aromatic rings. The Kier molecular flexibility index (Phi) is 75.1. The van der Waals surface area contributed by atoms with E-state index in [1.807, 2.05) is 28.1 Å². The second kappa shape index (κ2) is 61.7. The van der Waals surface area contributed by atoms with Gasteiger partial charge in [0.25, 0.3) is 0 Å². The van der Waals surface area contributed by atoms with Crippen LogP contribution in [0.2, 0.25) is 0 Å². The Bertz CT molecular complexity index is 919. The van der Waals surface area contributed by atoms with E-state index in [4.69, 9.17) is 10.5 Å². The van der Waals surface area contributed by atoms with Gasteiger partial charge in [-0.3, -0.25) is 24.0 Å². The molecule has 6 amide bonds. The Balaban J connectivity index is -0.000000140. The first-order valence-corrected chi connectivity index (χ1v) is 19.9. The Morgan fingerprint density at radius 2 is 1.07 bits per heavy atom. The van der Waals surface area contributed by atoms with Crippen LogP contribution in [0.3, 0.4) is 0 Å². The average Bonchev–Trinajstić information content (AvgIpc) is 3.18. The van der Waals surface area contributed by atoms with Crippen molar-refractivity contribution in [3.8, 4) is 0 Å². The van der Waals surface area contributed by atoms with Crippen LogP contribution in [0.15, 0.2) is 0 Å². The molecular formula is C39H82CsN10O8-. The molecule has 0 aromatic heterocycles. The first kappa shape index (κ1) is 70.6. The quantitative estimate of drug-likeness (QED) is 0.0275. The van der Waals surface area contributed by atoms with Gasteiger partial charge in [0.15, 0.2) is 0 Å². The van der Waals surface area contributed by atoms with E-state index in [9.17, 15) is 33.6 Å². The average molecular weight is 952 g/mol. The van der Waals surface area contributed by atoms with Crippen molar-refractivity contribution in [2.75, 3.05) is 86.6 Å². The normalized spacial score (nSPS) is 13.1. The molecule has 1 aliphatic heterocycles. The van der Waals surface area contributed by atoms with Gasteiger partial charge in [-0.15, -0.1) is 0 Å². The Morgan fingerprint density at radius 1 is 0.672 bits per heavy atom. The Morgan fingerprint density at radius 3 is 1.41 bits per heavy atom. The molecule has 1 saturated heterocycles. The molecule has 0 spiro atoms. The third kappa shape index (κ3) is 56.1. The van der Waals surface area contributed by atoms with E-state index in [-0.39, 0.29) is 107 Å². The summed E-state index contributed by atoms with van der Waals surface area (Å²) in [7, 11) is 5.68. The second-order valence-electron chi connectivity index (χ2n) is 12.2. The number of piperazine rings is 1. The number of nitrogens with zero attached hydrogens (tertiary/aromatic N) is 2. The number of amides is 6. The van der Waals surface area contributed by atoms with Crippen molar-refractivity contribution in [3.05, 3.63) is 13.2 Å². The van der Waals surface area contributed by atoms with Crippen molar-refractivity contribution in [3.63, 3.8) is 0 Å². The van der Waals surface area contributed by atoms with Crippen LogP contribution in [0.1, 0.15) is 98.8 Å². The summed E-state index contributed by atoms with van der Waals surface area (Å²) in [6, 6.07) is -1.39. The van der Waals surface area contributed by atoms with E-state index < -0.39 is 12.1 Å². The number of hydrogen-bond acceptors (Lipinski definition) is 12. The molecule has 2 unspecified atom stereocenters. The van der Waals surface area contributed by atoms with Crippen molar-refractivity contribution < 1.29 is 107 Å². The van der Waals surface area contributed by atoms with Crippen LogP contribution in [0.4, 0.5) is 0 Å². The molecule has 0 aliphatic carbocycles. The van der Waals surface area contributed by atoms with Crippen LogP contribution < -0.4 is 106 Å². The zero-order valence-corrected chi connectivity index (χ0v) is 44.1. The van der Waals surface area contributed by atoms with Gasteiger partial charge in [0.05, 0.1) is 6.42 Å². The number of carbonyl (C=O) groups is 8. The molecule has 18 nitrogen and oxygen atoms in total. The van der Waals surface area contributed by atoms with Crippen molar-refractivity contribution in [1.29, 1.82) is 0 Å². The third-order valence-corrected chi connectivity index (χ3v) is 7.36. The van der Waals surface area contributed by atoms with Crippen LogP contribution in [-0.4, -0.2) is 158 Å². The minimum atomic E-state index is -0.850. The van der Waals surface area contributed by atoms with Crippen molar-refractivity contribution in [1.82, 2.24) is 47.0 Å². The molecule has 338 valence electrons. The number of rotatable bonds is 27. The number of carbonyl (C=O) groups excluding carboxylic acids is 8. The van der Waals surface area contributed by atoms with Crippen LogP contribution in [0.25, 0.3) is 5.73 Å². The van der Waals surface area contributed by atoms with Crippen LogP contribution in [0, 0.1) is 7.43 Å². The molecule has 1 fully saturated rings. The molecule has 19 heteroatoms. The predicted octanol–water partition coefficient (Wildman–Crippen LogP) is -1.76. The third-order valence-electron chi connectivity index (χ3n) is 7.36. The van der Waals surface area contributed by atoms with E-state index in [2.05, 4.69) is 67.8 Å². The number of unbranched alkanes of at least 4 members (excludes halogenated alkanes) is 4. The van der Waals surface area contributed by atoms with Gasteiger partial charge in [-0.2, -0.15) is 0 Å². The van der Waals surface area contributed by atoms with Gasteiger partial charge >= 0.3 is 68.9 Å². The summed E-state index contributed by atoms with van der Waals surface area (Å²) >= 11 is 0. The van der Waals surface area contributed by atoms with Crippen molar-refractivity contribution >= 4 is 49.5 Å². The molecule has 0 aromatic carbocycles. The summed E-state index contributed by atoms with van der Waals surface area (Å²) in [5.41, 5.74) is 5.53. The summed E-state index contributed by atoms with van der Waals surface area (Å²) in [4.78, 5) is 89.1. The predicted molar refractivity (Wildman–Crippen MR) is 230 cm³/mol. The Hall–Kier alpha value is -1.95. The first-order chi connectivity index (χ1) is 27.0. The number of hydrogen-bond donors (Lipinski definition) is 7. The summed E-state index contributed by atoms with van der Waals surface area (Å²) in [5, 5.41) is 18.8. The minimum absolute atomic E-state index is 0. The SMILES string of the molecule is CCC1NC(=O)C(CC(=O)NCCN(CCCC=O)CCCC=O)NC1=O.CCCCN(CCCC)CCNC=O.CCNC.CCNC=O.CNC.[CH3-].[Cs+].[NH-]C=O. The molecule has 1 aliphatic rings. The zero-order valence-electron chi connectivity index (χ0n) is 37.8. The fourth-order valence-corrected chi connectivity index (χ4v) is 4.31. The van der Waals surface area contributed by atoms with Crippen molar-refractivity contribution in [2.24, 2.45) is 0 Å². The fourth-order valence-electron chi connectivity index (χ4n) is 4.31. The molecule has 0 saturated carbocycles. The van der Waals surface area contributed by atoms with E-state index >= 15 is 0 Å². The molecule has 1 rings (SSSR count). The fraction of sp³-hybridized carbons (Fsp3) is 0.769. The standard InChI is InChI=1S/C18H30N4O5.C11H24N2O.C3H7NO.C3H9N.C2H7N.CH3NO.CH3.Cs/c1-2-14-17(26)21-15(18(27)20-14)13-16(25)19-7-10-22(8-3-5-11-23)9-4-6-12-24;1-3-5-8-13(9-6-4-2)10-7-12-11-14;1-2-4-3-5;1-3-4-2;1-3-2;2-1-3;;/h11-12,14-15H,2-10,13H2,1H3,(H,19,25)(H,20,27)(H,21,26);11H,3-10H2,1-2H3,(H,12,14);3H,2H2,1H3,(H,4,5);4H,3H2,1-2H3;3H,1-2H3;1H,(H2,2,3);1H3;/q;;;;;;-1;+1/p-1. The summed E-state index contributed by atoms with van der Waals surface area (Å²) in [6.07, 6.45) is 11.0. The van der Waals surface area contributed by atoms with Gasteiger partial charge in [-0.05, 0) is 92.9 Å². The van der Waals surface area contributed by atoms with Crippen LogP contribution in [0.5, 0.6) is 0 Å². The summed E-state index contributed by atoms with van der Waals surface area (Å²) in [5.74, 6) is -0.932. The topological polar surface area (TPSA) is 251 Å². The first-order valence-electron chi connectivity index (χ1n) is 19.9. The van der Waals surface area contributed by atoms with E-state index in [1.165, 1.54) is 25.7 Å². The van der Waals surface area contributed by atoms with Crippen LogP contribution in [-0.2, 0) is 38.4 Å². The van der Waals surface area contributed by atoms with Gasteiger partial charge in [0.1, 0.15) is 24.7 Å². The molecule has 58 heavy (non-hydrogen) atoms. The maximum absolute atomic E-state index is 12.1. The maximum atomic E-state index is 12.1. The van der Waals surface area contributed by atoms with Gasteiger partial charge in [0.2, 0.25) is 30.5 Å². The zero-order chi connectivity index (χ0) is 43.7. The molecule has 0 radical (unpaired) electrons. The van der Waals surface area contributed by atoms with E-state index in [1.54, 1.807) is 6.92 Å². The largest absolute Gasteiger partial charge is 1.00 e. The van der Waals surface area contributed by atoms with Gasteiger partial charge in [-0.25, -0.2) is 0 Å². The molecule has 2 atom stereocenters. The van der Waals surface area contributed by atoms with E-state index in [0.29, 0.717) is 51.9 Å². The van der Waals surface area contributed by atoms with Crippen molar-refractivity contribution in [2.45, 2.75) is 111 Å². The summed E-state index contributed by atoms with van der Waals surface area (Å²) in [6.45, 7) is 18.4. The molecule has 0 bridgehead atoms.